The topological polar surface area (TPSA) is 65.7 Å². The van der Waals surface area contributed by atoms with E-state index in [1.54, 1.807) is 18.5 Å². The second-order valence-corrected chi connectivity index (χ2v) is 1.51. The Kier molecular flexibility index (Phi) is 2.81. The second-order valence-electron chi connectivity index (χ2n) is 1.51. The first kappa shape index (κ1) is 8.04. The van der Waals surface area contributed by atoms with Crippen LogP contribution in [0.15, 0.2) is 18.5 Å². The summed E-state index contributed by atoms with van der Waals surface area (Å²) in [6.45, 7) is 0. The number of H-pyrrole nitrogens is 1. The van der Waals surface area contributed by atoms with Crippen molar-refractivity contribution in [1.29, 1.82) is 5.41 Å². The van der Waals surface area contributed by atoms with Gasteiger partial charge in [-0.1, -0.05) is 0 Å². The van der Waals surface area contributed by atoms with E-state index < -0.39 is 0 Å². The van der Waals surface area contributed by atoms with Crippen LogP contribution in [-0.2, 0) is 0 Å². The third-order valence-electron chi connectivity index (χ3n) is 0.909. The Morgan fingerprint density at radius 2 is 2.33 bits per heavy atom. The lowest BCUT2D eigenvalue weighted by Gasteiger charge is -1.85. The Morgan fingerprint density at radius 3 is 2.56 bits per heavy atom. The summed E-state index contributed by atoms with van der Waals surface area (Å²) in [6, 6.07) is 1.75. The Labute approximate surface area is 59.2 Å². The molecule has 0 saturated heterocycles. The molecule has 1 rings (SSSR count). The fourth-order valence-corrected chi connectivity index (χ4v) is 0.491. The van der Waals surface area contributed by atoms with Crippen LogP contribution < -0.4 is 5.73 Å². The van der Waals surface area contributed by atoms with Gasteiger partial charge in [0.25, 0.3) is 0 Å². The smallest absolute Gasteiger partial charge is 0.124 e. The molecule has 0 unspecified atom stereocenters. The highest BCUT2D eigenvalue weighted by atomic mass is 35.5. The Bertz CT molecular complexity index is 180. The molecule has 0 aliphatic carbocycles. The first-order valence-corrected chi connectivity index (χ1v) is 2.28. The summed E-state index contributed by atoms with van der Waals surface area (Å²) >= 11 is 0. The fourth-order valence-electron chi connectivity index (χ4n) is 0.491. The number of nitrogens with two attached hydrogens (primary N) is 1. The Morgan fingerprint density at radius 1 is 1.67 bits per heavy atom. The largest absolute Gasteiger partial charge is 0.384 e. The van der Waals surface area contributed by atoms with Gasteiger partial charge in [0.05, 0.1) is 0 Å². The number of halogens is 1. The first-order chi connectivity index (χ1) is 3.80. The van der Waals surface area contributed by atoms with E-state index in [1.165, 1.54) is 0 Å². The molecule has 1 aromatic heterocycles. The van der Waals surface area contributed by atoms with Gasteiger partial charge in [0.1, 0.15) is 5.84 Å². The number of rotatable bonds is 1. The molecule has 0 bridgehead atoms. The van der Waals surface area contributed by atoms with Crippen molar-refractivity contribution in [3.05, 3.63) is 24.0 Å². The molecule has 50 valence electrons. The third kappa shape index (κ3) is 1.77. The van der Waals surface area contributed by atoms with Crippen LogP contribution in [0.4, 0.5) is 0 Å². The summed E-state index contributed by atoms with van der Waals surface area (Å²) in [4.78, 5) is 2.79. The van der Waals surface area contributed by atoms with Crippen LogP contribution in [0.5, 0.6) is 0 Å². The minimum absolute atomic E-state index is 0. The lowest BCUT2D eigenvalue weighted by atomic mass is 10.3. The molecule has 0 saturated carbocycles. The minimum Gasteiger partial charge on any atom is -0.384 e. The van der Waals surface area contributed by atoms with Gasteiger partial charge in [-0.2, -0.15) is 0 Å². The molecule has 0 aliphatic heterocycles. The second kappa shape index (κ2) is 3.14. The van der Waals surface area contributed by atoms with Crippen molar-refractivity contribution in [1.82, 2.24) is 4.98 Å². The maximum absolute atomic E-state index is 6.91. The third-order valence-corrected chi connectivity index (χ3v) is 0.909. The van der Waals surface area contributed by atoms with Gasteiger partial charge in [-0.15, -0.1) is 12.4 Å². The van der Waals surface area contributed by atoms with Gasteiger partial charge >= 0.3 is 0 Å². The van der Waals surface area contributed by atoms with E-state index in [9.17, 15) is 0 Å². The summed E-state index contributed by atoms with van der Waals surface area (Å²) in [5, 5.41) is 6.91. The van der Waals surface area contributed by atoms with Gasteiger partial charge in [-0.3, -0.25) is 5.41 Å². The quantitative estimate of drug-likeness (QED) is 0.396. The van der Waals surface area contributed by atoms with Crippen molar-refractivity contribution in [3.63, 3.8) is 0 Å². The molecule has 3 nitrogen and oxygen atoms in total. The standard InChI is InChI=1S/C5H7N3.ClH/c6-5(7)4-1-2-8-3-4;/h1-3,8H,(H3,6,7);1H. The highest BCUT2D eigenvalue weighted by Crippen LogP contribution is 1.91. The van der Waals surface area contributed by atoms with Gasteiger partial charge in [0.2, 0.25) is 0 Å². The zero-order valence-electron chi connectivity index (χ0n) is 4.72. The molecule has 4 heteroatoms. The molecule has 0 fully saturated rings. The molecule has 0 atom stereocenters. The molecular weight excluding hydrogens is 138 g/mol. The van der Waals surface area contributed by atoms with Crippen molar-refractivity contribution >= 4 is 18.2 Å². The normalized spacial score (nSPS) is 8.00. The van der Waals surface area contributed by atoms with Crippen LogP contribution in [0, 0.1) is 5.41 Å². The molecule has 0 amide bonds. The SMILES string of the molecule is Cl.N=C(N)c1cc[nH]c1. The Balaban J connectivity index is 0.000000640. The average Bonchev–Trinajstić information content (AvgIpc) is 2.12. The van der Waals surface area contributed by atoms with Crippen LogP contribution in [0.1, 0.15) is 5.56 Å². The predicted molar refractivity (Wildman–Crippen MR) is 39.1 cm³/mol. The van der Waals surface area contributed by atoms with Crippen LogP contribution in [0.25, 0.3) is 0 Å². The van der Waals surface area contributed by atoms with Crippen molar-refractivity contribution < 1.29 is 0 Å². The van der Waals surface area contributed by atoms with Crippen molar-refractivity contribution in [2.75, 3.05) is 0 Å². The molecule has 4 N–H and O–H groups in total. The van der Waals surface area contributed by atoms with Gasteiger partial charge in [-0.25, -0.2) is 0 Å². The number of nitrogen functional groups attached to an aromatic ring is 1. The van der Waals surface area contributed by atoms with Crippen molar-refractivity contribution in [2.45, 2.75) is 0 Å². The number of amidine groups is 1. The lowest BCUT2D eigenvalue weighted by Crippen LogP contribution is -2.09. The number of hydrogen-bond donors (Lipinski definition) is 3. The average molecular weight is 146 g/mol. The highest BCUT2D eigenvalue weighted by molar-refractivity contribution is 5.94. The van der Waals surface area contributed by atoms with Crippen molar-refractivity contribution in [2.24, 2.45) is 5.73 Å². The van der Waals surface area contributed by atoms with Crippen LogP contribution in [0.2, 0.25) is 0 Å². The van der Waals surface area contributed by atoms with E-state index in [4.69, 9.17) is 11.1 Å². The summed E-state index contributed by atoms with van der Waals surface area (Å²) < 4.78 is 0. The number of aromatic nitrogens is 1. The number of aromatic amines is 1. The predicted octanol–water partition coefficient (Wildman–Crippen LogP) is 0.721. The molecule has 9 heavy (non-hydrogen) atoms. The van der Waals surface area contributed by atoms with Gasteiger partial charge in [0, 0.05) is 18.0 Å². The van der Waals surface area contributed by atoms with Gasteiger partial charge in [0.15, 0.2) is 0 Å². The zero-order valence-corrected chi connectivity index (χ0v) is 5.53. The molecule has 0 spiro atoms. The number of hydrogen-bond acceptors (Lipinski definition) is 1. The van der Waals surface area contributed by atoms with Crippen LogP contribution >= 0.6 is 12.4 Å². The van der Waals surface area contributed by atoms with Gasteiger partial charge in [-0.05, 0) is 6.07 Å². The highest BCUT2D eigenvalue weighted by Gasteiger charge is 1.90. The maximum Gasteiger partial charge on any atom is 0.124 e. The summed E-state index contributed by atoms with van der Waals surface area (Å²) in [5.41, 5.74) is 5.86. The summed E-state index contributed by atoms with van der Waals surface area (Å²) in [5.74, 6) is 0.103. The minimum atomic E-state index is 0. The number of nitrogens with one attached hydrogen (secondary N) is 2. The van der Waals surface area contributed by atoms with E-state index in [2.05, 4.69) is 4.98 Å². The molecule has 0 aromatic carbocycles. The summed E-state index contributed by atoms with van der Waals surface area (Å²) in [6.07, 6.45) is 3.42. The van der Waals surface area contributed by atoms with E-state index in [0.717, 1.165) is 5.56 Å². The molecule has 0 aliphatic rings. The monoisotopic (exact) mass is 145 g/mol. The van der Waals surface area contributed by atoms with E-state index in [1.807, 2.05) is 0 Å². The lowest BCUT2D eigenvalue weighted by molar-refractivity contribution is 1.39. The summed E-state index contributed by atoms with van der Waals surface area (Å²) in [7, 11) is 0. The van der Waals surface area contributed by atoms with Crippen LogP contribution in [-0.4, -0.2) is 10.8 Å². The first-order valence-electron chi connectivity index (χ1n) is 2.28. The van der Waals surface area contributed by atoms with Gasteiger partial charge < -0.3 is 10.7 Å². The maximum atomic E-state index is 6.91. The van der Waals surface area contributed by atoms with E-state index in [-0.39, 0.29) is 18.2 Å². The molecule has 1 aromatic rings. The van der Waals surface area contributed by atoms with Crippen molar-refractivity contribution in [3.8, 4) is 0 Å². The van der Waals surface area contributed by atoms with E-state index >= 15 is 0 Å². The fraction of sp³-hybridized carbons (Fsp3) is 0. The van der Waals surface area contributed by atoms with Crippen LogP contribution in [0.3, 0.4) is 0 Å². The molecular formula is C5H8ClN3. The molecule has 1 heterocycles. The van der Waals surface area contributed by atoms with E-state index in [0.29, 0.717) is 0 Å². The zero-order chi connectivity index (χ0) is 5.98. The molecule has 0 radical (unpaired) electrons. The Hall–Kier alpha value is -0.960.